The van der Waals surface area contributed by atoms with Crippen molar-refractivity contribution >= 4 is 6.21 Å². The van der Waals surface area contributed by atoms with E-state index < -0.39 is 0 Å². The van der Waals surface area contributed by atoms with Crippen molar-refractivity contribution in [3.63, 3.8) is 0 Å². The van der Waals surface area contributed by atoms with Crippen molar-refractivity contribution in [1.82, 2.24) is 0 Å². The lowest BCUT2D eigenvalue weighted by molar-refractivity contribution is 0.530. The number of unbranched alkanes of at least 4 members (excludes halogenated alkanes) is 15. The highest BCUT2D eigenvalue weighted by Crippen LogP contribution is 2.13. The van der Waals surface area contributed by atoms with E-state index in [9.17, 15) is 0 Å². The summed E-state index contributed by atoms with van der Waals surface area (Å²) in [5.74, 6) is 0. The van der Waals surface area contributed by atoms with Crippen molar-refractivity contribution in [2.24, 2.45) is 10.7 Å². The van der Waals surface area contributed by atoms with Gasteiger partial charge < -0.3 is 5.73 Å². The summed E-state index contributed by atoms with van der Waals surface area (Å²) in [6.07, 6.45) is 25.7. The van der Waals surface area contributed by atoms with Gasteiger partial charge in [0.1, 0.15) is 0 Å². The number of aliphatic imine (C=N–C) groups is 1. The van der Waals surface area contributed by atoms with E-state index in [1.165, 1.54) is 103 Å². The Labute approximate surface area is 146 Å². The summed E-state index contributed by atoms with van der Waals surface area (Å²) in [7, 11) is 0. The lowest BCUT2D eigenvalue weighted by atomic mass is 10.0. The molecule has 23 heavy (non-hydrogen) atoms. The van der Waals surface area contributed by atoms with Gasteiger partial charge in [0.05, 0.1) is 0 Å². The quantitative estimate of drug-likeness (QED) is 0.209. The fourth-order valence-electron chi connectivity index (χ4n) is 3.01. The molecule has 0 aromatic rings. The van der Waals surface area contributed by atoms with Crippen LogP contribution in [0.15, 0.2) is 4.99 Å². The molecule has 0 saturated heterocycles. The maximum atomic E-state index is 5.41. The molecule has 0 radical (unpaired) electrons. The van der Waals surface area contributed by atoms with Crippen molar-refractivity contribution in [1.29, 1.82) is 0 Å². The van der Waals surface area contributed by atoms with E-state index in [-0.39, 0.29) is 0 Å². The summed E-state index contributed by atoms with van der Waals surface area (Å²) in [6.45, 7) is 4.01. The molecule has 2 heteroatoms. The fourth-order valence-corrected chi connectivity index (χ4v) is 3.01. The van der Waals surface area contributed by atoms with Crippen LogP contribution in [0.3, 0.4) is 0 Å². The van der Waals surface area contributed by atoms with Crippen molar-refractivity contribution in [2.45, 2.75) is 116 Å². The Morgan fingerprint density at radius 2 is 1.00 bits per heavy atom. The molecule has 0 fully saturated rings. The average molecular weight is 325 g/mol. The summed E-state index contributed by atoms with van der Waals surface area (Å²) in [6, 6.07) is 0. The minimum absolute atomic E-state index is 0.725. The van der Waals surface area contributed by atoms with Gasteiger partial charge in [-0.25, -0.2) is 0 Å². The van der Waals surface area contributed by atoms with Crippen LogP contribution in [-0.2, 0) is 0 Å². The second kappa shape index (κ2) is 21.6. The SMILES string of the molecule is CCCCCCCCCCCCCCCCCCN=CCCN. The third-order valence-electron chi connectivity index (χ3n) is 4.57. The van der Waals surface area contributed by atoms with E-state index in [4.69, 9.17) is 5.73 Å². The molecular formula is C21H44N2. The second-order valence-corrected chi connectivity index (χ2v) is 6.97. The van der Waals surface area contributed by atoms with E-state index in [1.54, 1.807) is 0 Å². The van der Waals surface area contributed by atoms with Crippen molar-refractivity contribution in [2.75, 3.05) is 13.1 Å². The van der Waals surface area contributed by atoms with Gasteiger partial charge in [-0.1, -0.05) is 103 Å². The van der Waals surface area contributed by atoms with Gasteiger partial charge in [0.2, 0.25) is 0 Å². The molecule has 0 unspecified atom stereocenters. The van der Waals surface area contributed by atoms with Crippen LogP contribution in [0.5, 0.6) is 0 Å². The van der Waals surface area contributed by atoms with E-state index >= 15 is 0 Å². The Morgan fingerprint density at radius 3 is 1.39 bits per heavy atom. The summed E-state index contributed by atoms with van der Waals surface area (Å²) in [4.78, 5) is 4.36. The van der Waals surface area contributed by atoms with Crippen LogP contribution < -0.4 is 5.73 Å². The second-order valence-electron chi connectivity index (χ2n) is 6.97. The molecule has 0 aliphatic heterocycles. The summed E-state index contributed by atoms with van der Waals surface area (Å²) in [5, 5.41) is 0. The van der Waals surface area contributed by atoms with Gasteiger partial charge in [-0.15, -0.1) is 0 Å². The molecule has 0 aliphatic carbocycles. The largest absolute Gasteiger partial charge is 0.330 e. The minimum atomic E-state index is 0.725. The molecule has 0 spiro atoms. The Bertz CT molecular complexity index is 226. The first kappa shape index (κ1) is 22.6. The lowest BCUT2D eigenvalue weighted by Gasteiger charge is -2.03. The Kier molecular flexibility index (Phi) is 21.3. The zero-order valence-electron chi connectivity index (χ0n) is 16.0. The molecule has 0 heterocycles. The van der Waals surface area contributed by atoms with Gasteiger partial charge in [0.25, 0.3) is 0 Å². The Balaban J connectivity index is 2.97. The molecule has 0 aromatic heterocycles. The number of nitrogens with two attached hydrogens (primary N) is 1. The van der Waals surface area contributed by atoms with Gasteiger partial charge >= 0.3 is 0 Å². The molecular weight excluding hydrogens is 280 g/mol. The van der Waals surface area contributed by atoms with Crippen LogP contribution in [0.25, 0.3) is 0 Å². The van der Waals surface area contributed by atoms with Gasteiger partial charge in [-0.05, 0) is 25.6 Å². The maximum Gasteiger partial charge on any atom is 0.0385 e. The Hall–Kier alpha value is -0.370. The van der Waals surface area contributed by atoms with Crippen LogP contribution in [0.4, 0.5) is 0 Å². The topological polar surface area (TPSA) is 38.4 Å². The predicted octanol–water partition coefficient (Wildman–Crippen LogP) is 6.67. The lowest BCUT2D eigenvalue weighted by Crippen LogP contribution is -1.98. The summed E-state index contributed by atoms with van der Waals surface area (Å²) in [5.41, 5.74) is 5.41. The molecule has 2 nitrogen and oxygen atoms in total. The van der Waals surface area contributed by atoms with Crippen molar-refractivity contribution in [3.05, 3.63) is 0 Å². The minimum Gasteiger partial charge on any atom is -0.330 e. The fraction of sp³-hybridized carbons (Fsp3) is 0.952. The molecule has 0 saturated carbocycles. The predicted molar refractivity (Wildman–Crippen MR) is 107 cm³/mol. The highest BCUT2D eigenvalue weighted by Gasteiger charge is 1.94. The normalized spacial score (nSPS) is 11.6. The third-order valence-corrected chi connectivity index (χ3v) is 4.57. The van der Waals surface area contributed by atoms with Crippen LogP contribution in [-0.4, -0.2) is 19.3 Å². The number of nitrogens with zero attached hydrogens (tertiary/aromatic N) is 1. The van der Waals surface area contributed by atoms with Crippen LogP contribution in [0.1, 0.15) is 116 Å². The van der Waals surface area contributed by atoms with Gasteiger partial charge in [0, 0.05) is 6.54 Å². The smallest absolute Gasteiger partial charge is 0.0385 e. The van der Waals surface area contributed by atoms with Crippen LogP contribution in [0, 0.1) is 0 Å². The highest BCUT2D eigenvalue weighted by atomic mass is 14.7. The summed E-state index contributed by atoms with van der Waals surface area (Å²) < 4.78 is 0. The maximum absolute atomic E-state index is 5.41. The van der Waals surface area contributed by atoms with E-state index in [1.807, 2.05) is 6.21 Å². The zero-order chi connectivity index (χ0) is 16.8. The molecule has 2 N–H and O–H groups in total. The van der Waals surface area contributed by atoms with E-state index in [0.29, 0.717) is 0 Å². The zero-order valence-corrected chi connectivity index (χ0v) is 16.0. The molecule has 0 rings (SSSR count). The number of hydrogen-bond donors (Lipinski definition) is 1. The highest BCUT2D eigenvalue weighted by molar-refractivity contribution is 5.57. The first-order valence-corrected chi connectivity index (χ1v) is 10.6. The van der Waals surface area contributed by atoms with Crippen molar-refractivity contribution < 1.29 is 0 Å². The van der Waals surface area contributed by atoms with Crippen molar-refractivity contribution in [3.8, 4) is 0 Å². The van der Waals surface area contributed by atoms with Gasteiger partial charge in [-0.3, -0.25) is 4.99 Å². The first-order chi connectivity index (χ1) is 11.4. The monoisotopic (exact) mass is 324 g/mol. The average Bonchev–Trinajstić information content (AvgIpc) is 2.57. The number of hydrogen-bond acceptors (Lipinski definition) is 2. The first-order valence-electron chi connectivity index (χ1n) is 10.6. The van der Waals surface area contributed by atoms with Crippen LogP contribution >= 0.6 is 0 Å². The third kappa shape index (κ3) is 21.6. The standard InChI is InChI=1S/C21H44N2/c1-2-3-4-5-6-7-8-9-10-11-12-13-14-15-16-17-20-23-21-18-19-22/h21H,2-20,22H2,1H3. The Morgan fingerprint density at radius 1 is 0.609 bits per heavy atom. The molecule has 138 valence electrons. The molecule has 0 aliphatic rings. The molecule has 0 bridgehead atoms. The van der Waals surface area contributed by atoms with Crippen LogP contribution in [0.2, 0.25) is 0 Å². The molecule has 0 amide bonds. The van der Waals surface area contributed by atoms with Gasteiger partial charge in [0.15, 0.2) is 0 Å². The summed E-state index contributed by atoms with van der Waals surface area (Å²) >= 11 is 0. The molecule has 0 aromatic carbocycles. The van der Waals surface area contributed by atoms with E-state index in [2.05, 4.69) is 11.9 Å². The molecule has 0 atom stereocenters. The number of rotatable bonds is 19. The van der Waals surface area contributed by atoms with E-state index in [0.717, 1.165) is 19.5 Å². The van der Waals surface area contributed by atoms with Gasteiger partial charge in [-0.2, -0.15) is 0 Å².